The zero-order chi connectivity index (χ0) is 29.0. The van der Waals surface area contributed by atoms with E-state index in [2.05, 4.69) is 16.8 Å². The standard InChI is InChI=1S/C24H28F2N3O9P/c1-5-11-24(26)19(30)18(36-22(24)29-12-17(25)20(27)28-23(29)32)13-34-39(33,38-16-9-7-6-8-10-16)37-15(4)21(31)35-14(2)3/h6-10,12,14-15,18-19,22,30H,13H2,1-4H3,(H2,27,28,32)/t15-,18+,19?,22+,24+,39?/m0/s1. The number of esters is 1. The molecule has 2 heterocycles. The summed E-state index contributed by atoms with van der Waals surface area (Å²) >= 11 is 0. The number of aliphatic hydroxyl groups is 1. The lowest BCUT2D eigenvalue weighted by atomic mass is 9.96. The average Bonchev–Trinajstić information content (AvgIpc) is 3.10. The van der Waals surface area contributed by atoms with Crippen molar-refractivity contribution in [3.63, 3.8) is 0 Å². The van der Waals surface area contributed by atoms with Gasteiger partial charge >= 0.3 is 19.5 Å². The summed E-state index contributed by atoms with van der Waals surface area (Å²) in [4.78, 5) is 27.9. The Morgan fingerprint density at radius 2 is 2.00 bits per heavy atom. The molecule has 0 saturated carbocycles. The van der Waals surface area contributed by atoms with Crippen LogP contribution in [0.2, 0.25) is 0 Å². The fourth-order valence-corrected chi connectivity index (χ4v) is 4.86. The van der Waals surface area contributed by atoms with Gasteiger partial charge in [0.1, 0.15) is 18.0 Å². The zero-order valence-corrected chi connectivity index (χ0v) is 22.3. The summed E-state index contributed by atoms with van der Waals surface area (Å²) in [7, 11) is -4.65. The molecule has 0 amide bonds. The number of para-hydroxylation sites is 1. The van der Waals surface area contributed by atoms with Crippen molar-refractivity contribution in [1.82, 2.24) is 9.55 Å². The molecule has 1 saturated heterocycles. The van der Waals surface area contributed by atoms with Gasteiger partial charge in [0.25, 0.3) is 0 Å². The molecule has 2 unspecified atom stereocenters. The molecule has 15 heteroatoms. The molecule has 12 nitrogen and oxygen atoms in total. The Bertz CT molecular complexity index is 1350. The van der Waals surface area contributed by atoms with Crippen LogP contribution in [0.1, 0.15) is 33.9 Å². The number of carbonyl (C=O) groups excluding carboxylic acids is 1. The predicted molar refractivity (Wildman–Crippen MR) is 132 cm³/mol. The van der Waals surface area contributed by atoms with Crippen molar-refractivity contribution in [2.75, 3.05) is 12.3 Å². The minimum atomic E-state index is -4.65. The monoisotopic (exact) mass is 571 g/mol. The maximum absolute atomic E-state index is 16.0. The summed E-state index contributed by atoms with van der Waals surface area (Å²) in [5, 5.41) is 10.8. The zero-order valence-electron chi connectivity index (χ0n) is 21.4. The molecule has 0 aliphatic carbocycles. The van der Waals surface area contributed by atoms with Gasteiger partial charge in [-0.1, -0.05) is 24.1 Å². The van der Waals surface area contributed by atoms with Crippen molar-refractivity contribution < 1.29 is 46.3 Å². The molecule has 0 bridgehead atoms. The van der Waals surface area contributed by atoms with Crippen LogP contribution in [0.3, 0.4) is 0 Å². The van der Waals surface area contributed by atoms with E-state index >= 15 is 4.39 Å². The molecule has 2 aromatic rings. The van der Waals surface area contributed by atoms with E-state index in [0.717, 1.165) is 0 Å². The number of phosphoric acid groups is 1. The highest BCUT2D eigenvalue weighted by Gasteiger charge is 2.58. The quantitative estimate of drug-likeness (QED) is 0.245. The SMILES string of the molecule is CC#C[C@@]1(F)C(O)[C@@H](COP(=O)(Oc2ccccc2)O[C@@H](C)C(=O)OC(C)C)O[C@H]1n1cc(F)c(N)nc1=O. The third-order valence-corrected chi connectivity index (χ3v) is 6.75. The van der Waals surface area contributed by atoms with Gasteiger partial charge < -0.3 is 24.8 Å². The number of hydrogen-bond acceptors (Lipinski definition) is 11. The molecular formula is C24H28F2N3O9P. The molecular weight excluding hydrogens is 543 g/mol. The second-order valence-electron chi connectivity index (χ2n) is 8.66. The molecule has 6 atom stereocenters. The second kappa shape index (κ2) is 12.2. The van der Waals surface area contributed by atoms with Crippen molar-refractivity contribution in [3.8, 4) is 17.6 Å². The summed E-state index contributed by atoms with van der Waals surface area (Å²) in [6, 6.07) is 7.68. The first-order chi connectivity index (χ1) is 18.3. The number of carbonyl (C=O) groups is 1. The molecule has 1 aromatic carbocycles. The summed E-state index contributed by atoms with van der Waals surface area (Å²) in [5.74, 6) is 1.74. The van der Waals surface area contributed by atoms with E-state index in [4.69, 9.17) is 28.8 Å². The summed E-state index contributed by atoms with van der Waals surface area (Å²) in [5.41, 5.74) is 1.17. The fraction of sp³-hybridized carbons (Fsp3) is 0.458. The van der Waals surface area contributed by atoms with Gasteiger partial charge in [-0.05, 0) is 39.8 Å². The molecule has 212 valence electrons. The van der Waals surface area contributed by atoms with Gasteiger partial charge in [0.2, 0.25) is 5.67 Å². The smallest absolute Gasteiger partial charge is 0.461 e. The van der Waals surface area contributed by atoms with Gasteiger partial charge in [-0.2, -0.15) is 4.98 Å². The van der Waals surface area contributed by atoms with Crippen LogP contribution in [0.15, 0.2) is 41.3 Å². The molecule has 3 rings (SSSR count). The van der Waals surface area contributed by atoms with Crippen molar-refractivity contribution in [1.29, 1.82) is 0 Å². The van der Waals surface area contributed by atoms with Crippen LogP contribution in [0.25, 0.3) is 0 Å². The van der Waals surface area contributed by atoms with E-state index in [0.29, 0.717) is 10.8 Å². The number of nitrogen functional groups attached to an aromatic ring is 1. The number of halogens is 2. The van der Waals surface area contributed by atoms with Crippen LogP contribution < -0.4 is 15.9 Å². The Morgan fingerprint density at radius 3 is 2.62 bits per heavy atom. The lowest BCUT2D eigenvalue weighted by Gasteiger charge is -2.24. The molecule has 1 aromatic heterocycles. The Labute approximate surface area is 222 Å². The molecule has 0 radical (unpaired) electrons. The van der Waals surface area contributed by atoms with E-state index in [1.807, 2.05) is 0 Å². The van der Waals surface area contributed by atoms with Gasteiger partial charge in [-0.25, -0.2) is 22.9 Å². The largest absolute Gasteiger partial charge is 0.530 e. The number of benzene rings is 1. The van der Waals surface area contributed by atoms with Gasteiger partial charge in [0.05, 0.1) is 18.9 Å². The molecule has 39 heavy (non-hydrogen) atoms. The van der Waals surface area contributed by atoms with E-state index < -0.39 is 74.0 Å². The normalized spacial score (nSPS) is 24.9. The van der Waals surface area contributed by atoms with Gasteiger partial charge in [-0.15, -0.1) is 5.92 Å². The number of phosphoric ester groups is 1. The highest BCUT2D eigenvalue weighted by molar-refractivity contribution is 7.49. The number of nitrogens with zero attached hydrogens (tertiary/aromatic N) is 2. The van der Waals surface area contributed by atoms with Crippen LogP contribution in [-0.2, 0) is 27.9 Å². The maximum Gasteiger partial charge on any atom is 0.530 e. The number of aromatic nitrogens is 2. The molecule has 1 aliphatic rings. The van der Waals surface area contributed by atoms with Crippen LogP contribution in [0.5, 0.6) is 5.75 Å². The first-order valence-electron chi connectivity index (χ1n) is 11.7. The number of hydrogen-bond donors (Lipinski definition) is 2. The van der Waals surface area contributed by atoms with Crippen LogP contribution in [0.4, 0.5) is 14.6 Å². The van der Waals surface area contributed by atoms with Gasteiger partial charge in [-0.3, -0.25) is 13.6 Å². The van der Waals surface area contributed by atoms with E-state index in [1.54, 1.807) is 32.0 Å². The predicted octanol–water partition coefficient (Wildman–Crippen LogP) is 2.51. The second-order valence-corrected chi connectivity index (χ2v) is 10.2. The fourth-order valence-electron chi connectivity index (χ4n) is 3.53. The number of rotatable bonds is 10. The van der Waals surface area contributed by atoms with Gasteiger partial charge in [0.15, 0.2) is 24.0 Å². The lowest BCUT2D eigenvalue weighted by Crippen LogP contribution is -2.44. The third-order valence-electron chi connectivity index (χ3n) is 5.28. The number of nitrogens with two attached hydrogens (primary N) is 1. The van der Waals surface area contributed by atoms with E-state index in [1.165, 1.54) is 26.0 Å². The average molecular weight is 571 g/mol. The Balaban J connectivity index is 1.88. The van der Waals surface area contributed by atoms with Gasteiger partial charge in [0, 0.05) is 0 Å². The number of aliphatic hydroxyl groups excluding tert-OH is 1. The molecule has 1 aliphatic heterocycles. The number of alkyl halides is 1. The third kappa shape index (κ3) is 7.00. The van der Waals surface area contributed by atoms with Crippen LogP contribution in [0, 0.1) is 17.7 Å². The Hall–Kier alpha value is -3.34. The molecule has 1 fully saturated rings. The van der Waals surface area contributed by atoms with Crippen LogP contribution >= 0.6 is 7.82 Å². The maximum atomic E-state index is 16.0. The van der Waals surface area contributed by atoms with Crippen molar-refractivity contribution >= 4 is 19.6 Å². The van der Waals surface area contributed by atoms with Crippen molar-refractivity contribution in [3.05, 3.63) is 52.8 Å². The molecule has 3 N–H and O–H groups in total. The first-order valence-corrected chi connectivity index (χ1v) is 13.1. The first kappa shape index (κ1) is 30.2. The van der Waals surface area contributed by atoms with E-state index in [9.17, 15) is 23.7 Å². The lowest BCUT2D eigenvalue weighted by molar-refractivity contribution is -0.156. The van der Waals surface area contributed by atoms with E-state index in [-0.39, 0.29) is 5.75 Å². The van der Waals surface area contributed by atoms with Crippen LogP contribution in [-0.4, -0.2) is 57.3 Å². The minimum absolute atomic E-state index is 0.0442. The van der Waals surface area contributed by atoms with Crippen molar-refractivity contribution in [2.45, 2.75) is 64.0 Å². The summed E-state index contributed by atoms with van der Waals surface area (Å²) in [6.07, 6.45) is -7.05. The van der Waals surface area contributed by atoms with Crippen molar-refractivity contribution in [2.24, 2.45) is 0 Å². The summed E-state index contributed by atoms with van der Waals surface area (Å²) < 4.78 is 70.6. The Kier molecular flexibility index (Phi) is 9.47. The topological polar surface area (TPSA) is 161 Å². The number of ether oxygens (including phenoxy) is 2. The number of anilines is 1. The highest BCUT2D eigenvalue weighted by atomic mass is 31.2. The minimum Gasteiger partial charge on any atom is -0.461 e. The Morgan fingerprint density at radius 1 is 1.33 bits per heavy atom. The summed E-state index contributed by atoms with van der Waals surface area (Å²) in [6.45, 7) is 4.90. The molecule has 0 spiro atoms. The highest BCUT2D eigenvalue weighted by Crippen LogP contribution is 2.52.